The fourth-order valence-electron chi connectivity index (χ4n) is 2.23. The molecule has 0 radical (unpaired) electrons. The molecule has 1 aliphatic carbocycles. The first kappa shape index (κ1) is 13.3. The van der Waals surface area contributed by atoms with E-state index in [1.54, 1.807) is 12.1 Å². The summed E-state index contributed by atoms with van der Waals surface area (Å²) in [5, 5.41) is 12.9. The second kappa shape index (κ2) is 5.77. The molecule has 1 heterocycles. The van der Waals surface area contributed by atoms with Crippen LogP contribution in [-0.2, 0) is 6.54 Å². The van der Waals surface area contributed by atoms with Crippen LogP contribution in [-0.4, -0.2) is 17.8 Å². The zero-order chi connectivity index (χ0) is 13.9. The van der Waals surface area contributed by atoms with Crippen LogP contribution in [0.5, 0.6) is 0 Å². The van der Waals surface area contributed by atoms with Crippen LogP contribution in [0.2, 0.25) is 0 Å². The van der Waals surface area contributed by atoms with Gasteiger partial charge in [0.1, 0.15) is 17.3 Å². The van der Waals surface area contributed by atoms with Crippen LogP contribution >= 0.6 is 0 Å². The highest BCUT2D eigenvalue weighted by Gasteiger charge is 2.29. The molecule has 1 aliphatic rings. The molecule has 1 unspecified atom stereocenters. The summed E-state index contributed by atoms with van der Waals surface area (Å²) in [7, 11) is 0. The molecule has 1 saturated carbocycles. The molecule has 1 aromatic carbocycles. The smallest absolute Gasteiger partial charge is 0.134 e. The fraction of sp³-hybridized carbons (Fsp3) is 0.375. The van der Waals surface area contributed by atoms with Crippen molar-refractivity contribution in [3.63, 3.8) is 0 Å². The van der Waals surface area contributed by atoms with Gasteiger partial charge < -0.3 is 14.8 Å². The predicted molar refractivity (Wildman–Crippen MR) is 74.5 cm³/mol. The highest BCUT2D eigenvalue weighted by Crippen LogP contribution is 2.32. The molecular weight excluding hydrogens is 257 g/mol. The summed E-state index contributed by atoms with van der Waals surface area (Å²) < 4.78 is 18.6. The van der Waals surface area contributed by atoms with E-state index in [4.69, 9.17) is 4.42 Å². The van der Waals surface area contributed by atoms with Gasteiger partial charge in [-0.25, -0.2) is 4.39 Å². The lowest BCUT2D eigenvalue weighted by Gasteiger charge is -2.09. The van der Waals surface area contributed by atoms with E-state index >= 15 is 0 Å². The maximum atomic E-state index is 12.9. The van der Waals surface area contributed by atoms with E-state index in [-0.39, 0.29) is 11.9 Å². The van der Waals surface area contributed by atoms with E-state index in [2.05, 4.69) is 5.32 Å². The Morgan fingerprint density at radius 1 is 1.20 bits per heavy atom. The van der Waals surface area contributed by atoms with Gasteiger partial charge in [-0.3, -0.25) is 0 Å². The minimum atomic E-state index is -0.253. The van der Waals surface area contributed by atoms with Gasteiger partial charge in [-0.05, 0) is 55.2 Å². The Morgan fingerprint density at radius 3 is 2.65 bits per heavy atom. The van der Waals surface area contributed by atoms with E-state index in [1.807, 2.05) is 12.1 Å². The summed E-state index contributed by atoms with van der Waals surface area (Å²) >= 11 is 0. The molecular formula is C16H18FNO2. The predicted octanol–water partition coefficient (Wildman–Crippen LogP) is 2.95. The largest absolute Gasteiger partial charge is 0.460 e. The van der Waals surface area contributed by atoms with E-state index in [0.29, 0.717) is 19.0 Å². The van der Waals surface area contributed by atoms with Crippen LogP contribution < -0.4 is 5.32 Å². The minimum Gasteiger partial charge on any atom is -0.460 e. The summed E-state index contributed by atoms with van der Waals surface area (Å²) in [6.45, 7) is 1.18. The lowest BCUT2D eigenvalue weighted by Crippen LogP contribution is -2.27. The van der Waals surface area contributed by atoms with Crippen molar-refractivity contribution in [2.75, 3.05) is 6.54 Å². The van der Waals surface area contributed by atoms with Crippen molar-refractivity contribution in [3.8, 4) is 11.3 Å². The normalized spacial score (nSPS) is 16.3. The number of benzene rings is 1. The van der Waals surface area contributed by atoms with Crippen molar-refractivity contribution < 1.29 is 13.9 Å². The molecule has 3 nitrogen and oxygen atoms in total. The number of aliphatic hydroxyl groups is 1. The summed E-state index contributed by atoms with van der Waals surface area (Å²) in [5.74, 6) is 1.77. The van der Waals surface area contributed by atoms with Gasteiger partial charge in [-0.1, -0.05) is 0 Å². The molecule has 0 amide bonds. The maximum absolute atomic E-state index is 12.9. The quantitative estimate of drug-likeness (QED) is 0.852. The van der Waals surface area contributed by atoms with Crippen molar-refractivity contribution in [2.45, 2.75) is 25.5 Å². The van der Waals surface area contributed by atoms with Gasteiger partial charge in [0.2, 0.25) is 0 Å². The van der Waals surface area contributed by atoms with Gasteiger partial charge in [0.15, 0.2) is 0 Å². The van der Waals surface area contributed by atoms with Crippen molar-refractivity contribution in [1.29, 1.82) is 0 Å². The second-order valence-corrected chi connectivity index (χ2v) is 5.31. The Labute approximate surface area is 117 Å². The van der Waals surface area contributed by atoms with Gasteiger partial charge in [0.05, 0.1) is 12.6 Å². The maximum Gasteiger partial charge on any atom is 0.134 e. The third-order valence-corrected chi connectivity index (χ3v) is 3.61. The Kier molecular flexibility index (Phi) is 3.85. The van der Waals surface area contributed by atoms with E-state index < -0.39 is 0 Å². The molecule has 4 heteroatoms. The van der Waals surface area contributed by atoms with E-state index in [1.165, 1.54) is 12.1 Å². The molecule has 0 spiro atoms. The monoisotopic (exact) mass is 275 g/mol. The Balaban J connectivity index is 1.54. The summed E-state index contributed by atoms with van der Waals surface area (Å²) in [4.78, 5) is 0. The third-order valence-electron chi connectivity index (χ3n) is 3.61. The average Bonchev–Trinajstić information content (AvgIpc) is 3.20. The first-order valence-corrected chi connectivity index (χ1v) is 6.96. The molecule has 0 saturated heterocycles. The number of hydrogen-bond donors (Lipinski definition) is 2. The topological polar surface area (TPSA) is 45.4 Å². The van der Waals surface area contributed by atoms with Crippen LogP contribution in [0.4, 0.5) is 4.39 Å². The first-order valence-electron chi connectivity index (χ1n) is 6.96. The Morgan fingerprint density at radius 2 is 1.95 bits per heavy atom. The molecule has 1 aromatic heterocycles. The van der Waals surface area contributed by atoms with Crippen LogP contribution in [0.15, 0.2) is 40.8 Å². The number of aliphatic hydroxyl groups excluding tert-OH is 1. The first-order chi connectivity index (χ1) is 9.72. The van der Waals surface area contributed by atoms with Crippen molar-refractivity contribution in [3.05, 3.63) is 48.0 Å². The number of hydrogen-bond acceptors (Lipinski definition) is 3. The highest BCUT2D eigenvalue weighted by atomic mass is 19.1. The Hall–Kier alpha value is -1.65. The number of halogens is 1. The van der Waals surface area contributed by atoms with E-state index in [0.717, 1.165) is 29.9 Å². The van der Waals surface area contributed by atoms with Crippen molar-refractivity contribution >= 4 is 0 Å². The van der Waals surface area contributed by atoms with Gasteiger partial charge in [0, 0.05) is 12.1 Å². The Bertz CT molecular complexity index is 560. The zero-order valence-electron chi connectivity index (χ0n) is 11.2. The average molecular weight is 275 g/mol. The van der Waals surface area contributed by atoms with Gasteiger partial charge in [0.25, 0.3) is 0 Å². The van der Waals surface area contributed by atoms with Crippen LogP contribution in [0.1, 0.15) is 18.6 Å². The summed E-state index contributed by atoms with van der Waals surface area (Å²) in [5.41, 5.74) is 0.857. The second-order valence-electron chi connectivity index (χ2n) is 5.31. The number of furan rings is 1. The van der Waals surface area contributed by atoms with Crippen LogP contribution in [0.3, 0.4) is 0 Å². The highest BCUT2D eigenvalue weighted by molar-refractivity contribution is 5.57. The van der Waals surface area contributed by atoms with Crippen LogP contribution in [0, 0.1) is 11.7 Å². The molecule has 1 fully saturated rings. The lowest BCUT2D eigenvalue weighted by molar-refractivity contribution is 0.148. The standard InChI is InChI=1S/C16H18FNO2/c17-13-5-3-12(4-6-13)16-8-7-14(20-16)9-18-10-15(19)11-1-2-11/h3-8,11,15,18-19H,1-2,9-10H2. The number of rotatable bonds is 6. The molecule has 2 N–H and O–H groups in total. The molecule has 20 heavy (non-hydrogen) atoms. The lowest BCUT2D eigenvalue weighted by atomic mass is 10.2. The van der Waals surface area contributed by atoms with Crippen LogP contribution in [0.25, 0.3) is 11.3 Å². The SMILES string of the molecule is OC(CNCc1ccc(-c2ccc(F)cc2)o1)C1CC1. The molecule has 106 valence electrons. The van der Waals surface area contributed by atoms with Crippen molar-refractivity contribution in [1.82, 2.24) is 5.32 Å². The molecule has 1 atom stereocenters. The molecule has 0 bridgehead atoms. The van der Waals surface area contributed by atoms with Crippen molar-refractivity contribution in [2.24, 2.45) is 5.92 Å². The molecule has 3 rings (SSSR count). The minimum absolute atomic E-state index is 0.249. The summed E-state index contributed by atoms with van der Waals surface area (Å²) in [6, 6.07) is 10.0. The summed E-state index contributed by atoms with van der Waals surface area (Å²) in [6.07, 6.45) is 2.03. The van der Waals surface area contributed by atoms with E-state index in [9.17, 15) is 9.50 Å². The zero-order valence-corrected chi connectivity index (χ0v) is 11.2. The van der Waals surface area contributed by atoms with Gasteiger partial charge >= 0.3 is 0 Å². The molecule has 2 aromatic rings. The van der Waals surface area contributed by atoms with Gasteiger partial charge in [-0.15, -0.1) is 0 Å². The molecule has 0 aliphatic heterocycles. The number of nitrogens with one attached hydrogen (secondary N) is 1. The van der Waals surface area contributed by atoms with Gasteiger partial charge in [-0.2, -0.15) is 0 Å². The fourth-order valence-corrected chi connectivity index (χ4v) is 2.23. The third kappa shape index (κ3) is 3.26.